The summed E-state index contributed by atoms with van der Waals surface area (Å²) in [5.74, 6) is -0.991. The minimum absolute atomic E-state index is 0.676. The Morgan fingerprint density at radius 1 is 1.53 bits per heavy atom. The third-order valence-corrected chi connectivity index (χ3v) is 4.89. The molecule has 19 heavy (non-hydrogen) atoms. The maximum absolute atomic E-state index is 11.1. The van der Waals surface area contributed by atoms with E-state index in [2.05, 4.69) is 27.4 Å². The average Bonchev–Trinajstić information content (AvgIpc) is 2.65. The first-order valence-electron chi connectivity index (χ1n) is 6.30. The monoisotopic (exact) mass is 322 g/mol. The second kappa shape index (κ2) is 4.35. The summed E-state index contributed by atoms with van der Waals surface area (Å²) < 4.78 is 3.35. The number of aliphatic carboxylic acids is 1. The molecule has 0 aliphatic carbocycles. The van der Waals surface area contributed by atoms with Crippen LogP contribution in [0.4, 0.5) is 0 Å². The molecule has 1 aliphatic rings. The molecule has 4 nitrogen and oxygen atoms in total. The number of nitrogens with zero attached hydrogens (tertiary/aromatic N) is 1. The van der Waals surface area contributed by atoms with Crippen LogP contribution in [-0.2, 0) is 17.8 Å². The van der Waals surface area contributed by atoms with Crippen LogP contribution in [0.25, 0.3) is 10.9 Å². The fraction of sp³-hybridized carbons (Fsp3) is 0.357. The summed E-state index contributed by atoms with van der Waals surface area (Å²) in [6.07, 6.45) is 2.06. The Morgan fingerprint density at radius 2 is 2.26 bits per heavy atom. The highest BCUT2D eigenvalue weighted by Crippen LogP contribution is 2.37. The summed E-state index contributed by atoms with van der Waals surface area (Å²) in [4.78, 5) is 11.1. The zero-order chi connectivity index (χ0) is 13.7. The van der Waals surface area contributed by atoms with Gasteiger partial charge in [0.25, 0.3) is 0 Å². The Kier molecular flexibility index (Phi) is 2.91. The van der Waals surface area contributed by atoms with E-state index in [1.807, 2.05) is 12.1 Å². The molecule has 0 amide bonds. The molecular weight excluding hydrogens is 308 g/mol. The molecule has 3 rings (SSSR count). The molecule has 0 bridgehead atoms. The highest BCUT2D eigenvalue weighted by Gasteiger charge is 2.22. The number of hydrogen-bond acceptors (Lipinski definition) is 2. The van der Waals surface area contributed by atoms with Gasteiger partial charge in [0, 0.05) is 22.1 Å². The van der Waals surface area contributed by atoms with Crippen LogP contribution in [0.3, 0.4) is 0 Å². The number of hydrogen-bond donors (Lipinski definition) is 2. The first-order chi connectivity index (χ1) is 9.00. The summed E-state index contributed by atoms with van der Waals surface area (Å²) >= 11 is 3.62. The van der Waals surface area contributed by atoms with Gasteiger partial charge in [-0.05, 0) is 52.9 Å². The van der Waals surface area contributed by atoms with Crippen LogP contribution in [-0.4, -0.2) is 15.6 Å². The molecule has 100 valence electrons. The molecular formula is C14H15BrN2O2. The van der Waals surface area contributed by atoms with E-state index in [-0.39, 0.29) is 0 Å². The van der Waals surface area contributed by atoms with Crippen molar-refractivity contribution in [3.8, 4) is 0 Å². The summed E-state index contributed by atoms with van der Waals surface area (Å²) in [5, 5.41) is 10.1. The number of nitrogens with two attached hydrogens (primary N) is 1. The van der Waals surface area contributed by atoms with Crippen LogP contribution in [0.1, 0.15) is 29.3 Å². The Bertz CT molecular complexity index is 691. The summed E-state index contributed by atoms with van der Waals surface area (Å²) in [6, 6.07) is 2.89. The minimum Gasteiger partial charge on any atom is -0.480 e. The predicted molar refractivity (Wildman–Crippen MR) is 77.3 cm³/mol. The van der Waals surface area contributed by atoms with Crippen LogP contribution in [0.15, 0.2) is 16.6 Å². The molecule has 1 atom stereocenters. The number of benzene rings is 1. The molecule has 2 heterocycles. The zero-order valence-corrected chi connectivity index (χ0v) is 12.2. The quantitative estimate of drug-likeness (QED) is 0.893. The summed E-state index contributed by atoms with van der Waals surface area (Å²) in [6.45, 7) is 3.10. The lowest BCUT2D eigenvalue weighted by Gasteiger charge is -2.18. The smallest absolute Gasteiger partial charge is 0.325 e. The lowest BCUT2D eigenvalue weighted by atomic mass is 9.97. The molecule has 0 saturated carbocycles. The summed E-state index contributed by atoms with van der Waals surface area (Å²) in [7, 11) is 0. The molecule has 1 aromatic heterocycles. The maximum atomic E-state index is 11.1. The largest absolute Gasteiger partial charge is 0.480 e. The minimum atomic E-state index is -0.991. The van der Waals surface area contributed by atoms with Gasteiger partial charge >= 0.3 is 5.97 Å². The van der Waals surface area contributed by atoms with Crippen molar-refractivity contribution in [3.05, 3.63) is 33.4 Å². The van der Waals surface area contributed by atoms with E-state index >= 15 is 0 Å². The lowest BCUT2D eigenvalue weighted by Crippen LogP contribution is -2.21. The Balaban J connectivity index is 2.32. The molecule has 3 N–H and O–H groups in total. The second-order valence-corrected chi connectivity index (χ2v) is 5.84. The number of carboxylic acid groups (broad SMARTS) is 1. The molecule has 1 aliphatic heterocycles. The van der Waals surface area contributed by atoms with Crippen LogP contribution in [0.2, 0.25) is 0 Å². The number of carbonyl (C=O) groups is 1. The fourth-order valence-corrected chi connectivity index (χ4v) is 3.42. The molecule has 0 saturated heterocycles. The number of carboxylic acids is 1. The van der Waals surface area contributed by atoms with E-state index in [1.54, 1.807) is 0 Å². The van der Waals surface area contributed by atoms with Crippen molar-refractivity contribution in [2.75, 3.05) is 0 Å². The van der Waals surface area contributed by atoms with Crippen molar-refractivity contribution >= 4 is 32.8 Å². The fourth-order valence-electron chi connectivity index (χ4n) is 2.91. The van der Waals surface area contributed by atoms with E-state index in [4.69, 9.17) is 10.8 Å². The first-order valence-corrected chi connectivity index (χ1v) is 7.09. The number of halogens is 1. The molecule has 1 aromatic carbocycles. The van der Waals surface area contributed by atoms with Gasteiger partial charge in [0.1, 0.15) is 6.04 Å². The van der Waals surface area contributed by atoms with Gasteiger partial charge in [-0.25, -0.2) is 0 Å². The van der Waals surface area contributed by atoms with E-state index < -0.39 is 12.0 Å². The van der Waals surface area contributed by atoms with E-state index in [9.17, 15) is 4.79 Å². The second-order valence-electron chi connectivity index (χ2n) is 5.05. The lowest BCUT2D eigenvalue weighted by molar-refractivity contribution is -0.138. The molecule has 0 spiro atoms. The number of aromatic nitrogens is 1. The van der Waals surface area contributed by atoms with Gasteiger partial charge in [0.2, 0.25) is 0 Å². The molecule has 0 fully saturated rings. The summed E-state index contributed by atoms with van der Waals surface area (Å²) in [5.41, 5.74) is 10.0. The van der Waals surface area contributed by atoms with Crippen molar-refractivity contribution in [1.29, 1.82) is 0 Å². The average molecular weight is 323 g/mol. The number of aryl methyl sites for hydroxylation is 2. The molecule has 5 heteroatoms. The van der Waals surface area contributed by atoms with Crippen LogP contribution in [0, 0.1) is 6.92 Å². The van der Waals surface area contributed by atoms with Gasteiger partial charge < -0.3 is 15.4 Å². The normalized spacial score (nSPS) is 15.7. The molecule has 0 radical (unpaired) electrons. The highest BCUT2D eigenvalue weighted by molar-refractivity contribution is 9.10. The third kappa shape index (κ3) is 1.80. The van der Waals surface area contributed by atoms with Crippen molar-refractivity contribution in [2.45, 2.75) is 32.4 Å². The van der Waals surface area contributed by atoms with Gasteiger partial charge in [0.05, 0.1) is 5.52 Å². The SMILES string of the molecule is Cc1c(Br)c2cc(C(N)C(=O)O)cc3c2n1CCC3. The molecule has 2 aromatic rings. The van der Waals surface area contributed by atoms with E-state index in [0.717, 1.165) is 29.2 Å². The van der Waals surface area contributed by atoms with Crippen molar-refractivity contribution < 1.29 is 9.90 Å². The first kappa shape index (κ1) is 12.7. The topological polar surface area (TPSA) is 68.2 Å². The predicted octanol–water partition coefficient (Wildman–Crippen LogP) is 2.74. The van der Waals surface area contributed by atoms with Crippen molar-refractivity contribution in [2.24, 2.45) is 5.73 Å². The van der Waals surface area contributed by atoms with E-state index in [1.165, 1.54) is 16.8 Å². The van der Waals surface area contributed by atoms with Crippen molar-refractivity contribution in [1.82, 2.24) is 4.57 Å². The Morgan fingerprint density at radius 3 is 2.95 bits per heavy atom. The van der Waals surface area contributed by atoms with Gasteiger partial charge in [-0.15, -0.1) is 0 Å². The third-order valence-electron chi connectivity index (χ3n) is 3.89. The van der Waals surface area contributed by atoms with Crippen LogP contribution >= 0.6 is 15.9 Å². The zero-order valence-electron chi connectivity index (χ0n) is 10.6. The number of rotatable bonds is 2. The van der Waals surface area contributed by atoms with Gasteiger partial charge in [-0.2, -0.15) is 0 Å². The maximum Gasteiger partial charge on any atom is 0.325 e. The van der Waals surface area contributed by atoms with Gasteiger partial charge in [-0.3, -0.25) is 4.79 Å². The Hall–Kier alpha value is -1.33. The van der Waals surface area contributed by atoms with Crippen LogP contribution < -0.4 is 5.73 Å². The van der Waals surface area contributed by atoms with Crippen molar-refractivity contribution in [3.63, 3.8) is 0 Å². The highest BCUT2D eigenvalue weighted by atomic mass is 79.9. The molecule has 1 unspecified atom stereocenters. The van der Waals surface area contributed by atoms with Crippen LogP contribution in [0.5, 0.6) is 0 Å². The van der Waals surface area contributed by atoms with E-state index in [0.29, 0.717) is 5.56 Å². The Labute approximate surface area is 119 Å². The van der Waals surface area contributed by atoms with Gasteiger partial charge in [0.15, 0.2) is 0 Å². The standard InChI is InChI=1S/C14H15BrN2O2/c1-7-11(15)10-6-9(12(16)14(18)19)5-8-3-2-4-17(7)13(8)10/h5-6,12H,2-4,16H2,1H3,(H,18,19). The van der Waals surface area contributed by atoms with Gasteiger partial charge in [-0.1, -0.05) is 6.07 Å².